The van der Waals surface area contributed by atoms with Gasteiger partial charge in [0.05, 0.1) is 6.26 Å². The molecule has 0 bridgehead atoms. The number of benzene rings is 2. The molecule has 2 aromatic carbocycles. The van der Waals surface area contributed by atoms with Gasteiger partial charge in [-0.2, -0.15) is 0 Å². The molecule has 0 saturated heterocycles. The van der Waals surface area contributed by atoms with Gasteiger partial charge in [0.1, 0.15) is 11.5 Å². The standard InChI is InChI=1S/C17H11BrO3/c18-14-5-3-13-11-16(6-4-12(13)10-14)21-17(19)8-7-15-2-1-9-20-15/h1-11H. The summed E-state index contributed by atoms with van der Waals surface area (Å²) in [7, 11) is 0. The molecule has 0 N–H and O–H groups in total. The molecule has 0 atom stereocenters. The lowest BCUT2D eigenvalue weighted by Gasteiger charge is -2.04. The van der Waals surface area contributed by atoms with Crippen LogP contribution in [0.25, 0.3) is 16.8 Å². The number of furan rings is 1. The average Bonchev–Trinajstić information content (AvgIpc) is 2.99. The number of hydrogen-bond donors (Lipinski definition) is 0. The van der Waals surface area contributed by atoms with Crippen LogP contribution in [-0.2, 0) is 4.79 Å². The second-order valence-corrected chi connectivity index (χ2v) is 5.34. The monoisotopic (exact) mass is 342 g/mol. The molecule has 0 unspecified atom stereocenters. The molecule has 0 fully saturated rings. The molecule has 0 amide bonds. The van der Waals surface area contributed by atoms with Crippen molar-refractivity contribution in [3.63, 3.8) is 0 Å². The van der Waals surface area contributed by atoms with Gasteiger partial charge in [-0.25, -0.2) is 4.79 Å². The highest BCUT2D eigenvalue weighted by Gasteiger charge is 2.03. The van der Waals surface area contributed by atoms with Gasteiger partial charge in [0.25, 0.3) is 0 Å². The van der Waals surface area contributed by atoms with E-state index in [-0.39, 0.29) is 0 Å². The molecule has 0 spiro atoms. The number of ether oxygens (including phenoxy) is 1. The van der Waals surface area contributed by atoms with E-state index in [2.05, 4.69) is 15.9 Å². The number of halogens is 1. The lowest BCUT2D eigenvalue weighted by atomic mass is 10.1. The van der Waals surface area contributed by atoms with E-state index in [0.717, 1.165) is 15.2 Å². The second-order valence-electron chi connectivity index (χ2n) is 4.42. The molecule has 0 aliphatic carbocycles. The van der Waals surface area contributed by atoms with Gasteiger partial charge in [0, 0.05) is 10.5 Å². The molecule has 0 aliphatic rings. The molecule has 3 rings (SSSR count). The molecule has 4 heteroatoms. The summed E-state index contributed by atoms with van der Waals surface area (Å²) in [6, 6.07) is 15.0. The fourth-order valence-electron chi connectivity index (χ4n) is 1.94. The summed E-state index contributed by atoms with van der Waals surface area (Å²) in [4.78, 5) is 11.7. The van der Waals surface area contributed by atoms with Crippen molar-refractivity contribution in [1.82, 2.24) is 0 Å². The van der Waals surface area contributed by atoms with E-state index in [1.165, 1.54) is 6.08 Å². The first kappa shape index (κ1) is 13.6. The molecule has 3 nitrogen and oxygen atoms in total. The maximum Gasteiger partial charge on any atom is 0.336 e. The Labute approximate surface area is 130 Å². The Morgan fingerprint density at radius 2 is 1.90 bits per heavy atom. The zero-order valence-electron chi connectivity index (χ0n) is 11.0. The molecular weight excluding hydrogens is 332 g/mol. The Morgan fingerprint density at radius 1 is 1.10 bits per heavy atom. The molecular formula is C17H11BrO3. The number of carbonyl (C=O) groups excluding carboxylic acids is 1. The molecule has 0 aliphatic heterocycles. The van der Waals surface area contributed by atoms with E-state index >= 15 is 0 Å². The van der Waals surface area contributed by atoms with Gasteiger partial charge in [-0.1, -0.05) is 28.1 Å². The largest absolute Gasteiger partial charge is 0.465 e. The summed E-state index contributed by atoms with van der Waals surface area (Å²) in [6.07, 6.45) is 4.46. The Hall–Kier alpha value is -2.33. The summed E-state index contributed by atoms with van der Waals surface area (Å²) in [6.45, 7) is 0. The highest BCUT2D eigenvalue weighted by molar-refractivity contribution is 9.10. The van der Waals surface area contributed by atoms with Crippen molar-refractivity contribution in [3.8, 4) is 5.75 Å². The predicted molar refractivity (Wildman–Crippen MR) is 85.0 cm³/mol. The van der Waals surface area contributed by atoms with E-state index < -0.39 is 5.97 Å². The number of rotatable bonds is 3. The van der Waals surface area contributed by atoms with Crippen LogP contribution < -0.4 is 4.74 Å². The quantitative estimate of drug-likeness (QED) is 0.389. The fourth-order valence-corrected chi connectivity index (χ4v) is 2.32. The third kappa shape index (κ3) is 3.41. The predicted octanol–water partition coefficient (Wildman–Crippen LogP) is 4.81. The summed E-state index contributed by atoms with van der Waals surface area (Å²) in [5, 5.41) is 2.09. The van der Waals surface area contributed by atoms with Crippen molar-refractivity contribution < 1.29 is 13.9 Å². The van der Waals surface area contributed by atoms with Crippen molar-refractivity contribution in [2.75, 3.05) is 0 Å². The van der Waals surface area contributed by atoms with Gasteiger partial charge in [-0.15, -0.1) is 0 Å². The van der Waals surface area contributed by atoms with Gasteiger partial charge < -0.3 is 9.15 Å². The summed E-state index contributed by atoms with van der Waals surface area (Å²) < 4.78 is 11.4. The number of fused-ring (bicyclic) bond motifs is 1. The second kappa shape index (κ2) is 5.97. The van der Waals surface area contributed by atoms with Crippen LogP contribution >= 0.6 is 15.9 Å². The van der Waals surface area contributed by atoms with Crippen molar-refractivity contribution >= 4 is 38.7 Å². The van der Waals surface area contributed by atoms with E-state index in [9.17, 15) is 4.79 Å². The molecule has 0 radical (unpaired) electrons. The van der Waals surface area contributed by atoms with Crippen LogP contribution in [0.2, 0.25) is 0 Å². The maximum absolute atomic E-state index is 11.7. The van der Waals surface area contributed by atoms with E-state index in [1.807, 2.05) is 30.3 Å². The smallest absolute Gasteiger partial charge is 0.336 e. The van der Waals surface area contributed by atoms with Gasteiger partial charge in [-0.3, -0.25) is 0 Å². The highest BCUT2D eigenvalue weighted by Crippen LogP contribution is 2.24. The van der Waals surface area contributed by atoms with E-state index in [4.69, 9.17) is 9.15 Å². The lowest BCUT2D eigenvalue weighted by molar-refractivity contribution is -0.128. The summed E-state index contributed by atoms with van der Waals surface area (Å²) in [5.41, 5.74) is 0. The van der Waals surface area contributed by atoms with Crippen LogP contribution in [0.5, 0.6) is 5.75 Å². The van der Waals surface area contributed by atoms with Crippen LogP contribution in [-0.4, -0.2) is 5.97 Å². The summed E-state index contributed by atoms with van der Waals surface area (Å²) >= 11 is 3.43. The minimum Gasteiger partial charge on any atom is -0.465 e. The SMILES string of the molecule is O=C(C=Cc1ccco1)Oc1ccc2cc(Br)ccc2c1. The topological polar surface area (TPSA) is 39.4 Å². The minimum absolute atomic E-state index is 0.442. The molecule has 104 valence electrons. The Bertz CT molecular complexity index is 804. The molecule has 21 heavy (non-hydrogen) atoms. The van der Waals surface area contributed by atoms with Crippen molar-refractivity contribution in [2.45, 2.75) is 0 Å². The Balaban J connectivity index is 1.75. The molecule has 3 aromatic rings. The van der Waals surface area contributed by atoms with E-state index in [0.29, 0.717) is 11.5 Å². The highest BCUT2D eigenvalue weighted by atomic mass is 79.9. The van der Waals surface area contributed by atoms with Crippen molar-refractivity contribution in [2.24, 2.45) is 0 Å². The third-order valence-corrected chi connectivity index (χ3v) is 3.41. The first-order chi connectivity index (χ1) is 10.2. The maximum atomic E-state index is 11.7. The number of esters is 1. The van der Waals surface area contributed by atoms with Gasteiger partial charge in [0.2, 0.25) is 0 Å². The molecule has 1 heterocycles. The first-order valence-corrected chi connectivity index (χ1v) is 7.13. The van der Waals surface area contributed by atoms with Gasteiger partial charge in [-0.05, 0) is 53.2 Å². The molecule has 0 saturated carbocycles. The fraction of sp³-hybridized carbons (Fsp3) is 0. The summed E-state index contributed by atoms with van der Waals surface area (Å²) in [5.74, 6) is 0.678. The van der Waals surface area contributed by atoms with Gasteiger partial charge >= 0.3 is 5.97 Å². The van der Waals surface area contributed by atoms with Crippen LogP contribution in [0, 0.1) is 0 Å². The van der Waals surface area contributed by atoms with E-state index in [1.54, 1.807) is 30.5 Å². The lowest BCUT2D eigenvalue weighted by Crippen LogP contribution is -2.03. The average molecular weight is 343 g/mol. The van der Waals surface area contributed by atoms with Gasteiger partial charge in [0.15, 0.2) is 0 Å². The van der Waals surface area contributed by atoms with Crippen molar-refractivity contribution in [3.05, 3.63) is 71.1 Å². The third-order valence-electron chi connectivity index (χ3n) is 2.92. The Morgan fingerprint density at radius 3 is 2.71 bits per heavy atom. The number of hydrogen-bond acceptors (Lipinski definition) is 3. The first-order valence-electron chi connectivity index (χ1n) is 6.33. The van der Waals surface area contributed by atoms with Crippen molar-refractivity contribution in [1.29, 1.82) is 0 Å². The zero-order chi connectivity index (χ0) is 14.7. The van der Waals surface area contributed by atoms with Crippen LogP contribution in [0.4, 0.5) is 0 Å². The minimum atomic E-state index is -0.442. The zero-order valence-corrected chi connectivity index (χ0v) is 12.5. The van der Waals surface area contributed by atoms with Crippen LogP contribution in [0.15, 0.2) is 69.8 Å². The Kier molecular flexibility index (Phi) is 3.88. The van der Waals surface area contributed by atoms with Crippen LogP contribution in [0.1, 0.15) is 5.76 Å². The van der Waals surface area contributed by atoms with Crippen LogP contribution in [0.3, 0.4) is 0 Å². The number of carbonyl (C=O) groups is 1. The molecule has 1 aromatic heterocycles. The normalized spacial score (nSPS) is 11.1.